The maximum absolute atomic E-state index is 12.0. The molecule has 2 N–H and O–H groups in total. The first-order valence-electron chi connectivity index (χ1n) is 8.70. The molecule has 5 aliphatic rings. The van der Waals surface area contributed by atoms with Crippen molar-refractivity contribution in [3.8, 4) is 0 Å². The van der Waals surface area contributed by atoms with E-state index in [0.29, 0.717) is 11.3 Å². The quantitative estimate of drug-likeness (QED) is 0.779. The number of carbonyl (C=O) groups is 1. The van der Waals surface area contributed by atoms with E-state index in [1.54, 1.807) is 0 Å². The minimum absolute atomic E-state index is 0.0133. The number of nitrogens with zero attached hydrogens (tertiary/aromatic N) is 1. The summed E-state index contributed by atoms with van der Waals surface area (Å²) in [7, 11) is -0.275. The normalized spacial score (nSPS) is 45.6. The lowest BCUT2D eigenvalue weighted by atomic mass is 9.43. The molecule has 0 aromatic carbocycles. The molecule has 0 radical (unpaired) electrons. The van der Waals surface area contributed by atoms with Gasteiger partial charge in [0.2, 0.25) is 5.91 Å². The van der Waals surface area contributed by atoms with Crippen molar-refractivity contribution < 1.29 is 14.1 Å². The zero-order valence-corrected chi connectivity index (χ0v) is 13.9. The third kappa shape index (κ3) is 1.80. The Hall–Kier alpha value is -0.585. The van der Waals surface area contributed by atoms with Crippen molar-refractivity contribution in [1.82, 2.24) is 4.90 Å². The maximum Gasteiger partial charge on any atom is 0.481 e. The molecule has 3 saturated carbocycles. The molecule has 0 aromatic heterocycles. The summed E-state index contributed by atoms with van der Waals surface area (Å²) in [5, 5.41) is 0. The summed E-state index contributed by atoms with van der Waals surface area (Å²) in [4.78, 5) is 13.9. The zero-order chi connectivity index (χ0) is 15.7. The van der Waals surface area contributed by atoms with E-state index in [-0.39, 0.29) is 37.2 Å². The van der Waals surface area contributed by atoms with Gasteiger partial charge in [0.1, 0.15) is 0 Å². The fourth-order valence-corrected chi connectivity index (χ4v) is 5.57. The largest absolute Gasteiger partial charge is 0.481 e. The van der Waals surface area contributed by atoms with Crippen LogP contribution in [-0.2, 0) is 14.1 Å². The molecule has 0 aromatic rings. The third-order valence-corrected chi connectivity index (χ3v) is 7.08. The Bertz CT molecular complexity index is 500. The van der Waals surface area contributed by atoms with Gasteiger partial charge >= 0.3 is 7.12 Å². The molecule has 2 heterocycles. The molecular weight excluding hydrogens is 279 g/mol. The Morgan fingerprint density at radius 1 is 1.36 bits per heavy atom. The lowest BCUT2D eigenvalue weighted by Gasteiger charge is -2.64. The minimum atomic E-state index is -0.275. The van der Waals surface area contributed by atoms with Crippen LogP contribution in [0.3, 0.4) is 0 Å². The summed E-state index contributed by atoms with van der Waals surface area (Å²) in [5.41, 5.74) is 5.71. The Morgan fingerprint density at radius 3 is 2.82 bits per heavy atom. The number of hydrogen-bond donors (Lipinski definition) is 1. The van der Waals surface area contributed by atoms with Gasteiger partial charge < -0.3 is 19.9 Å². The van der Waals surface area contributed by atoms with Gasteiger partial charge in [0, 0.05) is 6.54 Å². The molecule has 5 fully saturated rings. The molecule has 2 saturated heterocycles. The van der Waals surface area contributed by atoms with Crippen molar-refractivity contribution in [3.05, 3.63) is 0 Å². The van der Waals surface area contributed by atoms with Crippen LogP contribution in [0.2, 0.25) is 0 Å². The van der Waals surface area contributed by atoms with Gasteiger partial charge in [-0.2, -0.15) is 0 Å². The third-order valence-electron chi connectivity index (χ3n) is 7.08. The van der Waals surface area contributed by atoms with E-state index < -0.39 is 0 Å². The first-order valence-corrected chi connectivity index (χ1v) is 8.70. The van der Waals surface area contributed by atoms with Crippen molar-refractivity contribution in [1.29, 1.82) is 0 Å². The monoisotopic (exact) mass is 306 g/mol. The maximum atomic E-state index is 12.0. The Labute approximate surface area is 133 Å². The summed E-state index contributed by atoms with van der Waals surface area (Å²) in [6.45, 7) is 7.81. The lowest BCUT2D eigenvalue weighted by Crippen LogP contribution is -2.65. The molecular formula is C16H27BN2O3. The van der Waals surface area contributed by atoms with Crippen LogP contribution < -0.4 is 5.73 Å². The highest BCUT2D eigenvalue weighted by atomic mass is 16.7. The number of hydrogen-bond acceptors (Lipinski definition) is 4. The van der Waals surface area contributed by atoms with Gasteiger partial charge in [-0.15, -0.1) is 0 Å². The standard InChI is InChI=1S/C16H27BN2O3/c1-15(2)10-7-11(15)16(3)12(8-10)21-17(22-16)13-5-4-6-19(13)14(20)9-18/h10-13H,4-9,18H2,1-3H3/t10-,11?,12?,13?,16?/m1/s1. The fourth-order valence-electron chi connectivity index (χ4n) is 5.57. The predicted molar refractivity (Wildman–Crippen MR) is 83.9 cm³/mol. The van der Waals surface area contributed by atoms with Crippen LogP contribution in [0.5, 0.6) is 0 Å². The van der Waals surface area contributed by atoms with Gasteiger partial charge in [0.05, 0.1) is 24.2 Å². The Morgan fingerprint density at radius 2 is 2.14 bits per heavy atom. The van der Waals surface area contributed by atoms with Gasteiger partial charge in [-0.05, 0) is 49.9 Å². The first-order chi connectivity index (χ1) is 10.4. The Balaban J connectivity index is 1.54. The summed E-state index contributed by atoms with van der Waals surface area (Å²) >= 11 is 0. The van der Waals surface area contributed by atoms with Crippen LogP contribution in [0.25, 0.3) is 0 Å². The van der Waals surface area contributed by atoms with E-state index >= 15 is 0 Å². The molecule has 5 rings (SSSR count). The van der Waals surface area contributed by atoms with E-state index in [0.717, 1.165) is 31.7 Å². The van der Waals surface area contributed by atoms with Gasteiger partial charge in [0.15, 0.2) is 0 Å². The van der Waals surface area contributed by atoms with Crippen LogP contribution in [0.1, 0.15) is 46.5 Å². The molecule has 4 unspecified atom stereocenters. The summed E-state index contributed by atoms with van der Waals surface area (Å²) in [6.07, 6.45) is 4.50. The zero-order valence-electron chi connectivity index (χ0n) is 13.9. The summed E-state index contributed by atoms with van der Waals surface area (Å²) < 4.78 is 12.8. The smallest absolute Gasteiger partial charge is 0.404 e. The molecule has 6 heteroatoms. The summed E-state index contributed by atoms with van der Waals surface area (Å²) in [5.74, 6) is 1.37. The molecule has 22 heavy (non-hydrogen) atoms. The van der Waals surface area contributed by atoms with Gasteiger partial charge in [-0.1, -0.05) is 13.8 Å². The number of nitrogens with two attached hydrogens (primary N) is 1. The van der Waals surface area contributed by atoms with Crippen molar-refractivity contribution in [2.24, 2.45) is 23.0 Å². The highest BCUT2D eigenvalue weighted by Crippen LogP contribution is 2.65. The second kappa shape index (κ2) is 4.71. The topological polar surface area (TPSA) is 64.8 Å². The number of amides is 1. The first kappa shape index (κ1) is 15.0. The van der Waals surface area contributed by atoms with E-state index in [9.17, 15) is 4.79 Å². The highest BCUT2D eigenvalue weighted by molar-refractivity contribution is 6.48. The number of carbonyl (C=O) groups excluding carboxylic acids is 1. The van der Waals surface area contributed by atoms with Gasteiger partial charge in [0.25, 0.3) is 0 Å². The lowest BCUT2D eigenvalue weighted by molar-refractivity contribution is -0.199. The van der Waals surface area contributed by atoms with Crippen molar-refractivity contribution in [3.63, 3.8) is 0 Å². The second-order valence-corrected chi connectivity index (χ2v) is 8.34. The molecule has 5 atom stereocenters. The van der Waals surface area contributed by atoms with Crippen LogP contribution in [0.4, 0.5) is 0 Å². The van der Waals surface area contributed by atoms with Gasteiger partial charge in [-0.25, -0.2) is 0 Å². The van der Waals surface area contributed by atoms with Crippen LogP contribution in [0, 0.1) is 17.3 Å². The second-order valence-electron chi connectivity index (χ2n) is 8.34. The van der Waals surface area contributed by atoms with E-state index in [1.807, 2.05) is 4.90 Å². The molecule has 3 aliphatic carbocycles. The SMILES string of the molecule is CC12OB(C3CCCN3C(=O)CN)OC1C[C@H]1CC2C1(C)C. The molecule has 2 aliphatic heterocycles. The van der Waals surface area contributed by atoms with Crippen molar-refractivity contribution >= 4 is 13.0 Å². The number of rotatable bonds is 2. The van der Waals surface area contributed by atoms with E-state index in [4.69, 9.17) is 15.0 Å². The average molecular weight is 306 g/mol. The van der Waals surface area contributed by atoms with Crippen molar-refractivity contribution in [2.75, 3.05) is 13.1 Å². The Kier molecular flexibility index (Phi) is 3.21. The predicted octanol–water partition coefficient (Wildman–Crippen LogP) is 1.20. The fraction of sp³-hybridized carbons (Fsp3) is 0.938. The summed E-state index contributed by atoms with van der Waals surface area (Å²) in [6, 6.07) is 0. The van der Waals surface area contributed by atoms with Gasteiger partial charge in [-0.3, -0.25) is 4.79 Å². The van der Waals surface area contributed by atoms with Crippen molar-refractivity contribution in [2.45, 2.75) is 64.1 Å². The van der Waals surface area contributed by atoms with E-state index in [1.165, 1.54) is 6.42 Å². The molecule has 122 valence electrons. The number of likely N-dealkylation sites (tertiary alicyclic amines) is 1. The average Bonchev–Trinajstić information content (AvgIpc) is 3.08. The van der Waals surface area contributed by atoms with Crippen LogP contribution in [0.15, 0.2) is 0 Å². The molecule has 1 amide bonds. The molecule has 5 nitrogen and oxygen atoms in total. The highest BCUT2D eigenvalue weighted by Gasteiger charge is 2.68. The molecule has 2 bridgehead atoms. The van der Waals surface area contributed by atoms with E-state index in [2.05, 4.69) is 20.8 Å². The molecule has 0 spiro atoms. The minimum Gasteiger partial charge on any atom is -0.404 e. The van der Waals surface area contributed by atoms with Crippen LogP contribution in [-0.4, -0.2) is 48.7 Å². The van der Waals surface area contributed by atoms with Crippen LogP contribution >= 0.6 is 0 Å².